The first-order chi connectivity index (χ1) is 16.2. The van der Waals surface area contributed by atoms with Crippen LogP contribution in [0.4, 0.5) is 5.13 Å². The Morgan fingerprint density at radius 3 is 2.26 bits per heavy atom. The molecule has 0 saturated carbocycles. The van der Waals surface area contributed by atoms with Crippen LogP contribution in [0.5, 0.6) is 0 Å². The van der Waals surface area contributed by atoms with Crippen molar-refractivity contribution in [1.29, 1.82) is 0 Å². The van der Waals surface area contributed by atoms with Crippen LogP contribution in [0, 0.1) is 6.92 Å². The highest BCUT2D eigenvalue weighted by Crippen LogP contribution is 2.31. The SMILES string of the molecule is CCCCN(CC)S(=O)(=O)c1ccc(C(=O)N(CCN(C)C)c2nc3c(C)cccc3s2)cc1.Cl. The van der Waals surface area contributed by atoms with Gasteiger partial charge < -0.3 is 4.90 Å². The molecule has 0 aliphatic heterocycles. The number of carbonyl (C=O) groups is 1. The number of aryl methyl sites for hydroxylation is 1. The van der Waals surface area contributed by atoms with Gasteiger partial charge in [0.2, 0.25) is 10.0 Å². The monoisotopic (exact) mass is 538 g/mol. The molecule has 0 N–H and O–H groups in total. The van der Waals surface area contributed by atoms with E-state index in [4.69, 9.17) is 4.98 Å². The number of benzene rings is 2. The number of nitrogens with zero attached hydrogens (tertiary/aromatic N) is 4. The van der Waals surface area contributed by atoms with Crippen molar-refractivity contribution < 1.29 is 13.2 Å². The maximum atomic E-state index is 13.5. The molecule has 1 amide bonds. The lowest BCUT2D eigenvalue weighted by atomic mass is 10.2. The maximum Gasteiger partial charge on any atom is 0.260 e. The largest absolute Gasteiger partial charge is 0.308 e. The molecular formula is C25H35ClN4O3S2. The normalized spacial score (nSPS) is 11.7. The zero-order chi connectivity index (χ0) is 24.9. The van der Waals surface area contributed by atoms with E-state index in [9.17, 15) is 13.2 Å². The summed E-state index contributed by atoms with van der Waals surface area (Å²) in [4.78, 5) is 22.2. The molecule has 0 spiro atoms. The van der Waals surface area contributed by atoms with E-state index in [0.717, 1.165) is 28.6 Å². The van der Waals surface area contributed by atoms with Gasteiger partial charge in [0.15, 0.2) is 5.13 Å². The molecule has 0 aliphatic carbocycles. The van der Waals surface area contributed by atoms with Crippen molar-refractivity contribution in [3.63, 3.8) is 0 Å². The fourth-order valence-electron chi connectivity index (χ4n) is 3.63. The highest BCUT2D eigenvalue weighted by Gasteiger charge is 2.25. The molecule has 0 aliphatic rings. The van der Waals surface area contributed by atoms with Gasteiger partial charge in [-0.25, -0.2) is 13.4 Å². The van der Waals surface area contributed by atoms with E-state index in [1.165, 1.54) is 27.8 Å². The van der Waals surface area contributed by atoms with Crippen LogP contribution < -0.4 is 4.90 Å². The van der Waals surface area contributed by atoms with Gasteiger partial charge >= 0.3 is 0 Å². The fourth-order valence-corrected chi connectivity index (χ4v) is 6.19. The molecule has 2 aromatic carbocycles. The molecule has 0 saturated heterocycles. The van der Waals surface area contributed by atoms with Crippen LogP contribution >= 0.6 is 23.7 Å². The van der Waals surface area contributed by atoms with E-state index < -0.39 is 10.0 Å². The van der Waals surface area contributed by atoms with Crippen molar-refractivity contribution >= 4 is 55.0 Å². The zero-order valence-electron chi connectivity index (χ0n) is 21.0. The van der Waals surface area contributed by atoms with Gasteiger partial charge in [-0.2, -0.15) is 4.31 Å². The Morgan fingerprint density at radius 2 is 1.69 bits per heavy atom. The average molecular weight is 539 g/mol. The number of hydrogen-bond donors (Lipinski definition) is 0. The van der Waals surface area contributed by atoms with Gasteiger partial charge in [0.25, 0.3) is 5.91 Å². The standard InChI is InChI=1S/C25H34N4O3S2.ClH/c1-6-8-16-28(7-2)34(31,32)21-14-12-20(13-15-21)24(30)29(18-17-27(4)5)25-26-23-19(3)10-9-11-22(23)33-25;/h9-15H,6-8,16-18H2,1-5H3;1H. The molecule has 1 aromatic heterocycles. The lowest BCUT2D eigenvalue weighted by Crippen LogP contribution is -2.36. The molecule has 3 aromatic rings. The van der Waals surface area contributed by atoms with Crippen molar-refractivity contribution in [2.24, 2.45) is 0 Å². The Bertz CT molecular complexity index is 1230. The average Bonchev–Trinajstić information content (AvgIpc) is 3.24. The number of fused-ring (bicyclic) bond motifs is 1. The van der Waals surface area contributed by atoms with Crippen molar-refractivity contribution in [3.8, 4) is 0 Å². The molecule has 35 heavy (non-hydrogen) atoms. The van der Waals surface area contributed by atoms with E-state index in [0.29, 0.717) is 36.9 Å². The van der Waals surface area contributed by atoms with Crippen LogP contribution in [0.3, 0.4) is 0 Å². The second kappa shape index (κ2) is 12.8. The number of sulfonamides is 1. The summed E-state index contributed by atoms with van der Waals surface area (Å²) in [5, 5.41) is 0.643. The number of anilines is 1. The van der Waals surface area contributed by atoms with E-state index in [-0.39, 0.29) is 23.2 Å². The van der Waals surface area contributed by atoms with Crippen molar-refractivity contribution in [2.45, 2.75) is 38.5 Å². The third kappa shape index (κ3) is 6.80. The Kier molecular flexibility index (Phi) is 10.7. The summed E-state index contributed by atoms with van der Waals surface area (Å²) >= 11 is 1.49. The third-order valence-electron chi connectivity index (χ3n) is 5.71. The number of unbranched alkanes of at least 4 members (excludes halogenated alkanes) is 1. The maximum absolute atomic E-state index is 13.5. The highest BCUT2D eigenvalue weighted by atomic mass is 35.5. The van der Waals surface area contributed by atoms with Gasteiger partial charge in [-0.15, -0.1) is 12.4 Å². The Balaban J connectivity index is 0.00000432. The van der Waals surface area contributed by atoms with Gasteiger partial charge in [0, 0.05) is 31.7 Å². The topological polar surface area (TPSA) is 73.8 Å². The number of hydrogen-bond acceptors (Lipinski definition) is 6. The van der Waals surface area contributed by atoms with Gasteiger partial charge in [0.05, 0.1) is 15.1 Å². The fraction of sp³-hybridized carbons (Fsp3) is 0.440. The van der Waals surface area contributed by atoms with Gasteiger partial charge in [-0.3, -0.25) is 9.69 Å². The molecule has 0 fully saturated rings. The minimum Gasteiger partial charge on any atom is -0.308 e. The first-order valence-corrected chi connectivity index (χ1v) is 13.9. The van der Waals surface area contributed by atoms with Gasteiger partial charge in [-0.05, 0) is 63.3 Å². The minimum atomic E-state index is -3.59. The molecule has 0 bridgehead atoms. The highest BCUT2D eigenvalue weighted by molar-refractivity contribution is 7.89. The lowest BCUT2D eigenvalue weighted by Gasteiger charge is -2.23. The van der Waals surface area contributed by atoms with Crippen molar-refractivity contribution in [2.75, 3.05) is 45.2 Å². The van der Waals surface area contributed by atoms with Crippen LogP contribution in [0.25, 0.3) is 10.2 Å². The summed E-state index contributed by atoms with van der Waals surface area (Å²) in [5.41, 5.74) is 2.40. The number of likely N-dealkylation sites (N-methyl/N-ethyl adjacent to an activating group) is 1. The minimum absolute atomic E-state index is 0. The van der Waals surface area contributed by atoms with Crippen LogP contribution in [0.1, 0.15) is 42.6 Å². The lowest BCUT2D eigenvalue weighted by molar-refractivity contribution is 0.0985. The summed E-state index contributed by atoms with van der Waals surface area (Å²) in [6.07, 6.45) is 1.74. The number of amides is 1. The summed E-state index contributed by atoms with van der Waals surface area (Å²) < 4.78 is 28.6. The molecule has 0 atom stereocenters. The molecular weight excluding hydrogens is 504 g/mol. The summed E-state index contributed by atoms with van der Waals surface area (Å²) in [7, 11) is 0.332. The van der Waals surface area contributed by atoms with E-state index >= 15 is 0 Å². The third-order valence-corrected chi connectivity index (χ3v) is 8.74. The summed E-state index contributed by atoms with van der Waals surface area (Å²) in [6, 6.07) is 12.3. The van der Waals surface area contributed by atoms with E-state index in [1.807, 2.05) is 58.0 Å². The quantitative estimate of drug-likeness (QED) is 0.342. The van der Waals surface area contributed by atoms with Gasteiger partial charge in [-0.1, -0.05) is 43.7 Å². The number of thiazole rings is 1. The smallest absolute Gasteiger partial charge is 0.260 e. The Hall–Kier alpha value is -2.04. The summed E-state index contributed by atoms with van der Waals surface area (Å²) in [6.45, 7) is 7.95. The predicted octanol–water partition coefficient (Wildman–Crippen LogP) is 5.05. The second-order valence-corrected chi connectivity index (χ2v) is 11.5. The van der Waals surface area contributed by atoms with Crippen LogP contribution in [-0.4, -0.2) is 68.8 Å². The Morgan fingerprint density at radius 1 is 1.00 bits per heavy atom. The van der Waals surface area contributed by atoms with Crippen LogP contribution in [0.2, 0.25) is 0 Å². The summed E-state index contributed by atoms with van der Waals surface area (Å²) in [5.74, 6) is -0.194. The van der Waals surface area contributed by atoms with E-state index in [1.54, 1.807) is 17.0 Å². The number of para-hydroxylation sites is 1. The molecule has 1 heterocycles. The van der Waals surface area contributed by atoms with Crippen molar-refractivity contribution in [1.82, 2.24) is 14.2 Å². The number of rotatable bonds is 11. The molecule has 3 rings (SSSR count). The molecule has 7 nitrogen and oxygen atoms in total. The first kappa shape index (κ1) is 29.2. The van der Waals surface area contributed by atoms with Crippen molar-refractivity contribution in [3.05, 3.63) is 53.6 Å². The number of halogens is 1. The van der Waals surface area contributed by atoms with Crippen LogP contribution in [0.15, 0.2) is 47.4 Å². The second-order valence-electron chi connectivity index (χ2n) is 8.55. The molecule has 192 valence electrons. The molecule has 0 unspecified atom stereocenters. The predicted molar refractivity (Wildman–Crippen MR) is 148 cm³/mol. The van der Waals surface area contributed by atoms with Crippen LogP contribution in [-0.2, 0) is 10.0 Å². The Labute approximate surface area is 219 Å². The molecule has 0 radical (unpaired) electrons. The van der Waals surface area contributed by atoms with E-state index in [2.05, 4.69) is 0 Å². The zero-order valence-corrected chi connectivity index (χ0v) is 23.5. The van der Waals surface area contributed by atoms with Gasteiger partial charge in [0.1, 0.15) is 0 Å². The number of carbonyl (C=O) groups excluding carboxylic acids is 1. The first-order valence-electron chi connectivity index (χ1n) is 11.6. The number of aromatic nitrogens is 1. The molecule has 10 heteroatoms.